The molecule has 3 nitrogen and oxygen atoms in total. The maximum absolute atomic E-state index is 10.7. The highest BCUT2D eigenvalue weighted by Gasteiger charge is 2.28. The van der Waals surface area contributed by atoms with Crippen molar-refractivity contribution < 1.29 is 15.3 Å². The largest absolute Gasteiger partial charge is 0.387 e. The highest BCUT2D eigenvalue weighted by Crippen LogP contribution is 2.33. The first-order valence-electron chi connectivity index (χ1n) is 7.92. The first kappa shape index (κ1) is 16.4. The fourth-order valence-corrected chi connectivity index (χ4v) is 2.84. The second-order valence-electron chi connectivity index (χ2n) is 5.74. The first-order chi connectivity index (χ1) is 11.7. The molecule has 0 amide bonds. The molecule has 0 spiro atoms. The van der Waals surface area contributed by atoms with Crippen molar-refractivity contribution in [2.75, 3.05) is 0 Å². The minimum absolute atomic E-state index is 0.571. The lowest BCUT2D eigenvalue weighted by molar-refractivity contribution is -0.0620. The highest BCUT2D eigenvalue weighted by atomic mass is 16.4. The first-order valence-corrected chi connectivity index (χ1v) is 7.92. The van der Waals surface area contributed by atoms with Crippen molar-refractivity contribution in [1.82, 2.24) is 0 Å². The van der Waals surface area contributed by atoms with Gasteiger partial charge in [0.05, 0.1) is 0 Å². The average Bonchev–Trinajstić information content (AvgIpc) is 2.67. The summed E-state index contributed by atoms with van der Waals surface area (Å²) in [5.41, 5.74) is 2.95. The maximum Gasteiger partial charge on any atom is 0.114 e. The predicted molar refractivity (Wildman–Crippen MR) is 94.2 cm³/mol. The van der Waals surface area contributed by atoms with Crippen molar-refractivity contribution in [2.45, 2.75) is 18.3 Å². The van der Waals surface area contributed by atoms with E-state index in [4.69, 9.17) is 0 Å². The van der Waals surface area contributed by atoms with E-state index in [0.717, 1.165) is 11.1 Å². The van der Waals surface area contributed by atoms with Gasteiger partial charge >= 0.3 is 0 Å². The van der Waals surface area contributed by atoms with Gasteiger partial charge in [0.25, 0.3) is 0 Å². The topological polar surface area (TPSA) is 60.7 Å². The van der Waals surface area contributed by atoms with Gasteiger partial charge in [-0.2, -0.15) is 0 Å². The molecule has 0 fully saturated rings. The van der Waals surface area contributed by atoms with Gasteiger partial charge in [0, 0.05) is 0 Å². The highest BCUT2D eigenvalue weighted by molar-refractivity contribution is 5.67. The molecule has 3 unspecified atom stereocenters. The molecule has 3 N–H and O–H groups in total. The Morgan fingerprint density at radius 1 is 0.542 bits per heavy atom. The normalized spacial score (nSPS) is 14.8. The van der Waals surface area contributed by atoms with Crippen molar-refractivity contribution >= 4 is 0 Å². The molecule has 0 aliphatic rings. The lowest BCUT2D eigenvalue weighted by Gasteiger charge is -2.25. The fraction of sp³-hybridized carbons (Fsp3) is 0.143. The van der Waals surface area contributed by atoms with E-state index in [1.54, 1.807) is 30.3 Å². The van der Waals surface area contributed by atoms with Crippen LogP contribution in [0.3, 0.4) is 0 Å². The molecular weight excluding hydrogens is 300 g/mol. The minimum Gasteiger partial charge on any atom is -0.387 e. The zero-order valence-corrected chi connectivity index (χ0v) is 13.2. The number of aliphatic hydroxyl groups excluding tert-OH is 3. The van der Waals surface area contributed by atoms with Crippen molar-refractivity contribution in [3.05, 3.63) is 96.1 Å². The molecule has 3 rings (SSSR count). The molecule has 0 bridgehead atoms. The molecule has 0 saturated heterocycles. The monoisotopic (exact) mass is 320 g/mol. The summed E-state index contributed by atoms with van der Waals surface area (Å²) in [6.07, 6.45) is -3.68. The van der Waals surface area contributed by atoms with E-state index >= 15 is 0 Å². The molecular formula is C21H20O3. The molecule has 3 aromatic carbocycles. The van der Waals surface area contributed by atoms with Crippen LogP contribution in [0.4, 0.5) is 0 Å². The van der Waals surface area contributed by atoms with E-state index in [-0.39, 0.29) is 0 Å². The number of hydrogen-bond donors (Lipinski definition) is 3. The Labute approximate surface area is 141 Å². The van der Waals surface area contributed by atoms with E-state index in [1.165, 1.54) is 0 Å². The smallest absolute Gasteiger partial charge is 0.114 e. The third-order valence-electron chi connectivity index (χ3n) is 4.15. The number of hydrogen-bond acceptors (Lipinski definition) is 3. The molecule has 0 radical (unpaired) electrons. The van der Waals surface area contributed by atoms with E-state index in [9.17, 15) is 15.3 Å². The van der Waals surface area contributed by atoms with Crippen LogP contribution in [0.1, 0.15) is 23.3 Å². The quantitative estimate of drug-likeness (QED) is 0.674. The van der Waals surface area contributed by atoms with Crippen LogP contribution in [0.5, 0.6) is 0 Å². The molecule has 0 saturated carbocycles. The predicted octanol–water partition coefficient (Wildman–Crippen LogP) is 3.48. The Morgan fingerprint density at radius 3 is 1.75 bits per heavy atom. The van der Waals surface area contributed by atoms with Gasteiger partial charge in [-0.3, -0.25) is 0 Å². The number of rotatable bonds is 5. The van der Waals surface area contributed by atoms with Crippen LogP contribution in [0.25, 0.3) is 11.1 Å². The van der Waals surface area contributed by atoms with Gasteiger partial charge < -0.3 is 15.3 Å². The molecule has 3 atom stereocenters. The minimum atomic E-state index is -1.32. The molecule has 0 aliphatic carbocycles. The van der Waals surface area contributed by atoms with Crippen LogP contribution < -0.4 is 0 Å². The van der Waals surface area contributed by atoms with E-state index in [1.807, 2.05) is 54.6 Å². The Hall–Kier alpha value is -2.46. The molecule has 0 heterocycles. The molecule has 122 valence electrons. The van der Waals surface area contributed by atoms with Crippen molar-refractivity contribution in [1.29, 1.82) is 0 Å². The van der Waals surface area contributed by atoms with Crippen LogP contribution in [-0.4, -0.2) is 21.4 Å². The van der Waals surface area contributed by atoms with Crippen LogP contribution >= 0.6 is 0 Å². The van der Waals surface area contributed by atoms with Gasteiger partial charge in [-0.15, -0.1) is 0 Å². The summed E-state index contributed by atoms with van der Waals surface area (Å²) in [5, 5.41) is 31.5. The molecule has 0 aromatic heterocycles. The molecule has 3 heteroatoms. The summed E-state index contributed by atoms with van der Waals surface area (Å²) < 4.78 is 0. The van der Waals surface area contributed by atoms with Gasteiger partial charge in [-0.25, -0.2) is 0 Å². The van der Waals surface area contributed by atoms with Crippen molar-refractivity contribution in [3.8, 4) is 11.1 Å². The fourth-order valence-electron chi connectivity index (χ4n) is 2.84. The zero-order chi connectivity index (χ0) is 16.9. The Bertz CT molecular complexity index is 771. The van der Waals surface area contributed by atoms with Crippen LogP contribution in [0.15, 0.2) is 84.9 Å². The third kappa shape index (κ3) is 3.39. The third-order valence-corrected chi connectivity index (χ3v) is 4.15. The summed E-state index contributed by atoms with van der Waals surface area (Å²) in [6.45, 7) is 0. The van der Waals surface area contributed by atoms with Gasteiger partial charge in [-0.05, 0) is 22.3 Å². The molecule has 3 aromatic rings. The van der Waals surface area contributed by atoms with Gasteiger partial charge in [-0.1, -0.05) is 84.9 Å². The average molecular weight is 320 g/mol. The maximum atomic E-state index is 10.7. The van der Waals surface area contributed by atoms with E-state index in [0.29, 0.717) is 11.1 Å². The second-order valence-corrected chi connectivity index (χ2v) is 5.74. The van der Waals surface area contributed by atoms with Crippen molar-refractivity contribution in [2.24, 2.45) is 0 Å². The van der Waals surface area contributed by atoms with Gasteiger partial charge in [0.2, 0.25) is 0 Å². The molecule has 24 heavy (non-hydrogen) atoms. The summed E-state index contributed by atoms with van der Waals surface area (Å²) in [5.74, 6) is 0. The van der Waals surface area contributed by atoms with Crippen molar-refractivity contribution in [3.63, 3.8) is 0 Å². The van der Waals surface area contributed by atoms with Crippen LogP contribution in [0, 0.1) is 0 Å². The van der Waals surface area contributed by atoms with Crippen LogP contribution in [0.2, 0.25) is 0 Å². The SMILES string of the molecule is OC(c1ccccc1)C(O)C(O)c1ccccc1-c1ccccc1. The van der Waals surface area contributed by atoms with E-state index in [2.05, 4.69) is 0 Å². The summed E-state index contributed by atoms with van der Waals surface area (Å²) in [4.78, 5) is 0. The lowest BCUT2D eigenvalue weighted by atomic mass is 9.90. The van der Waals surface area contributed by atoms with Gasteiger partial charge in [0.15, 0.2) is 0 Å². The van der Waals surface area contributed by atoms with Crippen LogP contribution in [-0.2, 0) is 0 Å². The summed E-state index contributed by atoms with van der Waals surface area (Å²) >= 11 is 0. The molecule has 0 aliphatic heterocycles. The Balaban J connectivity index is 1.92. The lowest BCUT2D eigenvalue weighted by Crippen LogP contribution is -2.26. The zero-order valence-electron chi connectivity index (χ0n) is 13.2. The van der Waals surface area contributed by atoms with E-state index < -0.39 is 18.3 Å². The second kappa shape index (κ2) is 7.41. The summed E-state index contributed by atoms with van der Waals surface area (Å²) in [6, 6.07) is 25.9. The Morgan fingerprint density at radius 2 is 1.08 bits per heavy atom. The standard InChI is InChI=1S/C21H20O3/c22-19(16-11-5-2-6-12-16)21(24)20(23)18-14-8-7-13-17(18)15-9-3-1-4-10-15/h1-14,19-24H. The Kier molecular flexibility index (Phi) is 5.06. The summed E-state index contributed by atoms with van der Waals surface area (Å²) in [7, 11) is 0. The number of benzene rings is 3. The van der Waals surface area contributed by atoms with Gasteiger partial charge in [0.1, 0.15) is 18.3 Å². The number of aliphatic hydroxyl groups is 3.